The number of hydrogen-bond donors (Lipinski definition) is 1. The number of ether oxygens (including phenoxy) is 2. The highest BCUT2D eigenvalue weighted by Gasteiger charge is 2.12. The third kappa shape index (κ3) is 4.74. The van der Waals surface area contributed by atoms with Crippen molar-refractivity contribution in [1.29, 1.82) is 0 Å². The zero-order valence-electron chi connectivity index (χ0n) is 9.35. The normalized spacial score (nSPS) is 12.4. The number of nitrogens with two attached hydrogens (primary N) is 1. The second kappa shape index (κ2) is 7.38. The Hall–Kier alpha value is -0.910. The van der Waals surface area contributed by atoms with Crippen LogP contribution >= 0.6 is 11.3 Å². The van der Waals surface area contributed by atoms with Crippen molar-refractivity contribution in [2.45, 2.75) is 18.9 Å². The van der Waals surface area contributed by atoms with Crippen molar-refractivity contribution in [1.82, 2.24) is 0 Å². The molecule has 0 aliphatic carbocycles. The maximum absolute atomic E-state index is 11.3. The molecule has 0 aromatic carbocycles. The zero-order chi connectivity index (χ0) is 11.8. The van der Waals surface area contributed by atoms with Gasteiger partial charge in [-0.25, -0.2) is 0 Å². The summed E-state index contributed by atoms with van der Waals surface area (Å²) in [4.78, 5) is 12.6. The van der Waals surface area contributed by atoms with Gasteiger partial charge < -0.3 is 15.2 Å². The van der Waals surface area contributed by atoms with E-state index in [0.29, 0.717) is 13.2 Å². The highest BCUT2D eigenvalue weighted by atomic mass is 32.1. The minimum absolute atomic E-state index is 0.220. The van der Waals surface area contributed by atoms with Crippen molar-refractivity contribution in [2.75, 3.05) is 20.3 Å². The van der Waals surface area contributed by atoms with E-state index in [-0.39, 0.29) is 18.5 Å². The molecule has 1 unspecified atom stereocenters. The van der Waals surface area contributed by atoms with Gasteiger partial charge in [-0.2, -0.15) is 0 Å². The molecule has 0 amide bonds. The minimum atomic E-state index is -0.256. The van der Waals surface area contributed by atoms with Gasteiger partial charge in [0.15, 0.2) is 0 Å². The summed E-state index contributed by atoms with van der Waals surface area (Å²) in [6.45, 7) is 0.747. The van der Waals surface area contributed by atoms with E-state index in [2.05, 4.69) is 0 Å². The first-order valence-electron chi connectivity index (χ1n) is 5.17. The van der Waals surface area contributed by atoms with Crippen LogP contribution in [-0.2, 0) is 20.7 Å². The van der Waals surface area contributed by atoms with Crippen LogP contribution in [0.3, 0.4) is 0 Å². The second-order valence-corrected chi connectivity index (χ2v) is 4.38. The third-order valence-corrected chi connectivity index (χ3v) is 3.12. The van der Waals surface area contributed by atoms with Gasteiger partial charge in [0.05, 0.1) is 19.1 Å². The lowest BCUT2D eigenvalue weighted by molar-refractivity contribution is -0.146. The molecule has 0 saturated carbocycles. The first-order valence-corrected chi connectivity index (χ1v) is 6.05. The summed E-state index contributed by atoms with van der Waals surface area (Å²) in [6.07, 6.45) is 0.746. The minimum Gasteiger partial charge on any atom is -0.465 e. The molecule has 1 heterocycles. The molecule has 0 spiro atoms. The number of esters is 1. The van der Waals surface area contributed by atoms with Gasteiger partial charge in [-0.1, -0.05) is 6.07 Å². The van der Waals surface area contributed by atoms with E-state index in [1.54, 1.807) is 11.3 Å². The molecular formula is C11H17NO3S. The third-order valence-electron chi connectivity index (χ3n) is 2.18. The fourth-order valence-corrected chi connectivity index (χ4v) is 1.92. The summed E-state index contributed by atoms with van der Waals surface area (Å²) in [6, 6.07) is 4.01. The molecule has 1 rings (SSSR count). The number of methoxy groups -OCH3 is 1. The van der Waals surface area contributed by atoms with Gasteiger partial charge in [0, 0.05) is 25.0 Å². The number of carbonyl (C=O) groups excluding carboxylic acids is 1. The summed E-state index contributed by atoms with van der Waals surface area (Å²) in [5.74, 6) is -0.256. The molecule has 0 fully saturated rings. The summed E-state index contributed by atoms with van der Waals surface area (Å²) >= 11 is 1.66. The smallest absolute Gasteiger partial charge is 0.308 e. The van der Waals surface area contributed by atoms with E-state index in [0.717, 1.165) is 6.42 Å². The van der Waals surface area contributed by atoms with Crippen molar-refractivity contribution in [3.63, 3.8) is 0 Å². The van der Waals surface area contributed by atoms with Crippen LogP contribution in [-0.4, -0.2) is 32.3 Å². The van der Waals surface area contributed by atoms with Crippen molar-refractivity contribution < 1.29 is 14.3 Å². The highest BCUT2D eigenvalue weighted by molar-refractivity contribution is 7.09. The largest absolute Gasteiger partial charge is 0.465 e. The highest BCUT2D eigenvalue weighted by Crippen LogP contribution is 2.09. The van der Waals surface area contributed by atoms with E-state index in [1.807, 2.05) is 17.5 Å². The van der Waals surface area contributed by atoms with Crippen LogP contribution in [0.1, 0.15) is 11.3 Å². The Morgan fingerprint density at radius 3 is 3.00 bits per heavy atom. The molecule has 0 bridgehead atoms. The van der Waals surface area contributed by atoms with Crippen LogP contribution in [0.4, 0.5) is 0 Å². The maximum Gasteiger partial charge on any atom is 0.308 e. The van der Waals surface area contributed by atoms with Crippen LogP contribution in [0.2, 0.25) is 0 Å². The van der Waals surface area contributed by atoms with Gasteiger partial charge >= 0.3 is 5.97 Å². The Morgan fingerprint density at radius 2 is 2.44 bits per heavy atom. The average molecular weight is 243 g/mol. The SMILES string of the molecule is COC(CN)CC(=O)OCCc1cccs1. The maximum atomic E-state index is 11.3. The summed E-state index contributed by atoms with van der Waals surface area (Å²) in [5, 5.41) is 2.01. The van der Waals surface area contributed by atoms with Crippen LogP contribution in [0.5, 0.6) is 0 Å². The van der Waals surface area contributed by atoms with Crippen molar-refractivity contribution >= 4 is 17.3 Å². The number of thiophene rings is 1. The average Bonchev–Trinajstić information content (AvgIpc) is 2.79. The second-order valence-electron chi connectivity index (χ2n) is 3.35. The standard InChI is InChI=1S/C11H17NO3S/c1-14-9(8-12)7-11(13)15-5-4-10-3-2-6-16-10/h2-3,6,9H,4-5,7-8,12H2,1H3. The molecule has 16 heavy (non-hydrogen) atoms. The van der Waals surface area contributed by atoms with E-state index in [9.17, 15) is 4.79 Å². The van der Waals surface area contributed by atoms with Gasteiger partial charge in [0.2, 0.25) is 0 Å². The molecule has 5 heteroatoms. The summed E-state index contributed by atoms with van der Waals surface area (Å²) in [7, 11) is 1.54. The van der Waals surface area contributed by atoms with Crippen molar-refractivity contribution in [2.24, 2.45) is 5.73 Å². The molecule has 0 saturated heterocycles. The Balaban J connectivity index is 2.15. The lowest BCUT2D eigenvalue weighted by Gasteiger charge is -2.11. The topological polar surface area (TPSA) is 61.5 Å². The van der Waals surface area contributed by atoms with E-state index in [4.69, 9.17) is 15.2 Å². The predicted molar refractivity (Wildman–Crippen MR) is 63.5 cm³/mol. The molecule has 4 nitrogen and oxygen atoms in total. The van der Waals surface area contributed by atoms with Crippen LogP contribution in [0, 0.1) is 0 Å². The lowest BCUT2D eigenvalue weighted by atomic mass is 10.2. The van der Waals surface area contributed by atoms with Crippen LogP contribution in [0.25, 0.3) is 0 Å². The van der Waals surface area contributed by atoms with E-state index < -0.39 is 0 Å². The fourth-order valence-electron chi connectivity index (χ4n) is 1.23. The lowest BCUT2D eigenvalue weighted by Crippen LogP contribution is -2.26. The molecular weight excluding hydrogens is 226 g/mol. The molecule has 2 N–H and O–H groups in total. The predicted octanol–water partition coefficient (Wildman–Crippen LogP) is 1.20. The molecule has 1 atom stereocenters. The van der Waals surface area contributed by atoms with Crippen LogP contribution < -0.4 is 5.73 Å². The van der Waals surface area contributed by atoms with E-state index >= 15 is 0 Å². The quantitative estimate of drug-likeness (QED) is 0.731. The number of carbonyl (C=O) groups is 1. The Bertz CT molecular complexity index is 296. The van der Waals surface area contributed by atoms with Crippen LogP contribution in [0.15, 0.2) is 17.5 Å². The molecule has 1 aromatic rings. The first kappa shape index (κ1) is 13.2. The van der Waals surface area contributed by atoms with Gasteiger partial charge in [0.1, 0.15) is 0 Å². The zero-order valence-corrected chi connectivity index (χ0v) is 10.2. The molecule has 0 radical (unpaired) electrons. The first-order chi connectivity index (χ1) is 7.76. The van der Waals surface area contributed by atoms with Gasteiger partial charge in [-0.05, 0) is 11.4 Å². The molecule has 90 valence electrons. The van der Waals surface area contributed by atoms with Crippen molar-refractivity contribution in [3.05, 3.63) is 22.4 Å². The summed E-state index contributed by atoms with van der Waals surface area (Å²) in [5.41, 5.74) is 5.41. The Kier molecular flexibility index (Phi) is 6.07. The van der Waals surface area contributed by atoms with Gasteiger partial charge in [-0.15, -0.1) is 11.3 Å². The Morgan fingerprint density at radius 1 is 1.62 bits per heavy atom. The Labute approximate surface area is 99.4 Å². The van der Waals surface area contributed by atoms with E-state index in [1.165, 1.54) is 12.0 Å². The molecule has 0 aliphatic heterocycles. The fraction of sp³-hybridized carbons (Fsp3) is 0.545. The van der Waals surface area contributed by atoms with Gasteiger partial charge in [0.25, 0.3) is 0 Å². The van der Waals surface area contributed by atoms with Gasteiger partial charge in [-0.3, -0.25) is 4.79 Å². The number of hydrogen-bond acceptors (Lipinski definition) is 5. The van der Waals surface area contributed by atoms with Crippen molar-refractivity contribution in [3.8, 4) is 0 Å². The molecule has 1 aromatic heterocycles. The number of rotatable bonds is 7. The monoisotopic (exact) mass is 243 g/mol. The molecule has 0 aliphatic rings. The summed E-state index contributed by atoms with van der Waals surface area (Å²) < 4.78 is 10.1.